The van der Waals surface area contributed by atoms with Crippen LogP contribution < -0.4 is 10.1 Å². The number of hydrogen-bond acceptors (Lipinski definition) is 5. The van der Waals surface area contributed by atoms with Crippen molar-refractivity contribution in [2.75, 3.05) is 45.7 Å². The fourth-order valence-corrected chi connectivity index (χ4v) is 4.78. The minimum atomic E-state index is -0.178. The van der Waals surface area contributed by atoms with Crippen molar-refractivity contribution in [3.05, 3.63) is 24.3 Å². The van der Waals surface area contributed by atoms with Crippen LogP contribution in [0.2, 0.25) is 0 Å². The molecule has 3 rings (SSSR count). The third kappa shape index (κ3) is 5.93. The summed E-state index contributed by atoms with van der Waals surface area (Å²) in [5, 5.41) is 2.95. The highest BCUT2D eigenvalue weighted by Crippen LogP contribution is 2.31. The van der Waals surface area contributed by atoms with E-state index in [0.29, 0.717) is 56.9 Å². The van der Waals surface area contributed by atoms with E-state index in [1.807, 2.05) is 28.0 Å². The molecule has 1 aromatic carbocycles. The van der Waals surface area contributed by atoms with E-state index >= 15 is 0 Å². The van der Waals surface area contributed by atoms with Crippen LogP contribution in [0.15, 0.2) is 24.3 Å². The van der Waals surface area contributed by atoms with Crippen molar-refractivity contribution in [1.82, 2.24) is 9.80 Å². The number of anilines is 1. The van der Waals surface area contributed by atoms with Gasteiger partial charge in [-0.05, 0) is 43.2 Å². The molecule has 2 aliphatic rings. The van der Waals surface area contributed by atoms with Gasteiger partial charge < -0.3 is 24.6 Å². The molecular weight excluding hydrogens is 410 g/mol. The molecule has 0 aliphatic carbocycles. The summed E-state index contributed by atoms with van der Waals surface area (Å²) in [6.07, 6.45) is 3.57. The number of amides is 3. The number of carbonyl (C=O) groups excluding carboxylic acids is 3. The molecule has 0 saturated carbocycles. The van der Waals surface area contributed by atoms with Crippen LogP contribution in [-0.4, -0.2) is 68.1 Å². The van der Waals surface area contributed by atoms with Gasteiger partial charge in [-0.15, -0.1) is 0 Å². The standard InChI is InChI=1S/C24H35N3O5/c1-4-17-16-27(24(30)25-20-6-5-7-21(15-20)31-2)13-10-19(17)14-22(28)26-11-8-18(9-12-26)23(29)32-3/h5-7,15,17-19H,4,8-14,16H2,1-3H3,(H,25,30)/t17-,19+/m1/s1. The van der Waals surface area contributed by atoms with Gasteiger partial charge in [0.25, 0.3) is 0 Å². The Kier molecular flexibility index (Phi) is 8.36. The molecule has 1 N–H and O–H groups in total. The van der Waals surface area contributed by atoms with Gasteiger partial charge >= 0.3 is 12.0 Å². The molecule has 2 saturated heterocycles. The number of esters is 1. The summed E-state index contributed by atoms with van der Waals surface area (Å²) in [5.41, 5.74) is 0.704. The molecule has 32 heavy (non-hydrogen) atoms. The van der Waals surface area contributed by atoms with Crippen molar-refractivity contribution >= 4 is 23.6 Å². The van der Waals surface area contributed by atoms with E-state index in [9.17, 15) is 14.4 Å². The van der Waals surface area contributed by atoms with Crippen LogP contribution in [0.3, 0.4) is 0 Å². The summed E-state index contributed by atoms with van der Waals surface area (Å²) in [6, 6.07) is 7.20. The first kappa shape index (κ1) is 23.9. The second-order valence-corrected chi connectivity index (χ2v) is 8.71. The summed E-state index contributed by atoms with van der Waals surface area (Å²) in [4.78, 5) is 41.1. The van der Waals surface area contributed by atoms with Gasteiger partial charge in [-0.3, -0.25) is 9.59 Å². The molecule has 8 heteroatoms. The summed E-state index contributed by atoms with van der Waals surface area (Å²) in [6.45, 7) is 4.62. The quantitative estimate of drug-likeness (QED) is 0.678. The maximum absolute atomic E-state index is 12.9. The molecule has 3 amide bonds. The lowest BCUT2D eigenvalue weighted by molar-refractivity contribution is -0.149. The number of ether oxygens (including phenoxy) is 2. The second kappa shape index (κ2) is 11.2. The summed E-state index contributed by atoms with van der Waals surface area (Å²) < 4.78 is 10.0. The molecule has 2 aliphatic heterocycles. The Balaban J connectivity index is 1.50. The molecular formula is C24H35N3O5. The van der Waals surface area contributed by atoms with Crippen molar-refractivity contribution in [3.8, 4) is 5.75 Å². The third-order valence-corrected chi connectivity index (χ3v) is 6.84. The molecule has 0 bridgehead atoms. The first-order valence-electron chi connectivity index (χ1n) is 11.5. The van der Waals surface area contributed by atoms with Crippen molar-refractivity contribution in [3.63, 3.8) is 0 Å². The largest absolute Gasteiger partial charge is 0.497 e. The lowest BCUT2D eigenvalue weighted by Gasteiger charge is -2.39. The normalized spacial score (nSPS) is 21.7. The fraction of sp³-hybridized carbons (Fsp3) is 0.625. The van der Waals surface area contributed by atoms with Gasteiger partial charge in [0.2, 0.25) is 5.91 Å². The lowest BCUT2D eigenvalue weighted by atomic mass is 9.81. The van der Waals surface area contributed by atoms with Crippen LogP contribution in [0, 0.1) is 17.8 Å². The minimum absolute atomic E-state index is 0.0984. The summed E-state index contributed by atoms with van der Waals surface area (Å²) >= 11 is 0. The highest BCUT2D eigenvalue weighted by atomic mass is 16.5. The van der Waals surface area contributed by atoms with Crippen molar-refractivity contribution in [2.24, 2.45) is 17.8 Å². The lowest BCUT2D eigenvalue weighted by Crippen LogP contribution is -2.47. The number of nitrogens with one attached hydrogen (secondary N) is 1. The Hall–Kier alpha value is -2.77. The number of urea groups is 1. The first-order chi connectivity index (χ1) is 15.4. The summed E-state index contributed by atoms with van der Waals surface area (Å²) in [7, 11) is 3.01. The number of benzene rings is 1. The minimum Gasteiger partial charge on any atom is -0.497 e. The molecule has 2 heterocycles. The van der Waals surface area contributed by atoms with Gasteiger partial charge in [-0.25, -0.2) is 4.79 Å². The van der Waals surface area contributed by atoms with E-state index in [-0.39, 0.29) is 35.7 Å². The number of likely N-dealkylation sites (tertiary alicyclic amines) is 2. The summed E-state index contributed by atoms with van der Waals surface area (Å²) in [5.74, 6) is 1.14. The predicted molar refractivity (Wildman–Crippen MR) is 121 cm³/mol. The topological polar surface area (TPSA) is 88.2 Å². The monoisotopic (exact) mass is 445 g/mol. The highest BCUT2D eigenvalue weighted by molar-refractivity contribution is 5.89. The average Bonchev–Trinajstić information content (AvgIpc) is 2.83. The van der Waals surface area contributed by atoms with E-state index in [1.54, 1.807) is 13.2 Å². The number of rotatable bonds is 6. The maximum atomic E-state index is 12.9. The van der Waals surface area contributed by atoms with E-state index in [2.05, 4.69) is 12.2 Å². The fourth-order valence-electron chi connectivity index (χ4n) is 4.78. The number of nitrogens with zero attached hydrogens (tertiary/aromatic N) is 2. The molecule has 1 aromatic rings. The SMILES string of the molecule is CC[C@@H]1CN(C(=O)Nc2cccc(OC)c2)CC[C@H]1CC(=O)N1CCC(C(=O)OC)CC1. The number of hydrogen-bond donors (Lipinski definition) is 1. The highest BCUT2D eigenvalue weighted by Gasteiger charge is 2.34. The van der Waals surface area contributed by atoms with Crippen molar-refractivity contribution < 1.29 is 23.9 Å². The van der Waals surface area contributed by atoms with Gasteiger partial charge in [-0.2, -0.15) is 0 Å². The molecule has 0 unspecified atom stereocenters. The van der Waals surface area contributed by atoms with Crippen LogP contribution in [0.1, 0.15) is 39.0 Å². The number of carbonyl (C=O) groups is 3. The van der Waals surface area contributed by atoms with Gasteiger partial charge in [0.15, 0.2) is 0 Å². The smallest absolute Gasteiger partial charge is 0.321 e. The van der Waals surface area contributed by atoms with Gasteiger partial charge in [0, 0.05) is 44.4 Å². The molecule has 0 radical (unpaired) electrons. The Bertz CT molecular complexity index is 807. The van der Waals surface area contributed by atoms with E-state index in [1.165, 1.54) is 7.11 Å². The van der Waals surface area contributed by atoms with Crippen LogP contribution >= 0.6 is 0 Å². The average molecular weight is 446 g/mol. The molecule has 8 nitrogen and oxygen atoms in total. The zero-order valence-electron chi connectivity index (χ0n) is 19.3. The third-order valence-electron chi connectivity index (χ3n) is 6.84. The zero-order valence-corrected chi connectivity index (χ0v) is 19.3. The van der Waals surface area contributed by atoms with Gasteiger partial charge in [0.1, 0.15) is 5.75 Å². The Morgan fingerprint density at radius 3 is 2.41 bits per heavy atom. The Morgan fingerprint density at radius 1 is 1.03 bits per heavy atom. The molecule has 0 aromatic heterocycles. The first-order valence-corrected chi connectivity index (χ1v) is 11.5. The molecule has 2 atom stereocenters. The Labute approximate surface area is 190 Å². The second-order valence-electron chi connectivity index (χ2n) is 8.71. The number of piperidine rings is 2. The molecule has 0 spiro atoms. The van der Waals surface area contributed by atoms with Crippen LogP contribution in [-0.2, 0) is 14.3 Å². The molecule has 2 fully saturated rings. The van der Waals surface area contributed by atoms with Crippen LogP contribution in [0.5, 0.6) is 5.75 Å². The van der Waals surface area contributed by atoms with E-state index in [0.717, 1.165) is 12.8 Å². The van der Waals surface area contributed by atoms with Gasteiger partial charge in [-0.1, -0.05) is 19.4 Å². The van der Waals surface area contributed by atoms with Gasteiger partial charge in [0.05, 0.1) is 20.1 Å². The van der Waals surface area contributed by atoms with E-state index in [4.69, 9.17) is 9.47 Å². The number of methoxy groups -OCH3 is 2. The van der Waals surface area contributed by atoms with Crippen molar-refractivity contribution in [2.45, 2.75) is 39.0 Å². The Morgan fingerprint density at radius 2 is 1.75 bits per heavy atom. The van der Waals surface area contributed by atoms with E-state index < -0.39 is 0 Å². The van der Waals surface area contributed by atoms with Crippen molar-refractivity contribution in [1.29, 1.82) is 0 Å². The van der Waals surface area contributed by atoms with Crippen LogP contribution in [0.25, 0.3) is 0 Å². The van der Waals surface area contributed by atoms with Crippen LogP contribution in [0.4, 0.5) is 10.5 Å². The molecule has 176 valence electrons. The zero-order chi connectivity index (χ0) is 23.1. The maximum Gasteiger partial charge on any atom is 0.321 e. The predicted octanol–water partition coefficient (Wildman–Crippen LogP) is 3.38.